The van der Waals surface area contributed by atoms with Gasteiger partial charge in [0, 0.05) is 54.0 Å². The second-order valence-corrected chi connectivity index (χ2v) is 9.12. The normalized spacial score (nSPS) is 21.3. The number of aromatic amines is 1. The van der Waals surface area contributed by atoms with Gasteiger partial charge >= 0.3 is 0 Å². The number of benzene rings is 1. The summed E-state index contributed by atoms with van der Waals surface area (Å²) in [6.07, 6.45) is 6.69. The van der Waals surface area contributed by atoms with Crippen molar-refractivity contribution >= 4 is 40.1 Å². The molecule has 0 radical (unpaired) electrons. The predicted molar refractivity (Wildman–Crippen MR) is 115 cm³/mol. The van der Waals surface area contributed by atoms with Crippen molar-refractivity contribution in [1.82, 2.24) is 15.0 Å². The molecule has 1 aliphatic heterocycles. The first-order chi connectivity index (χ1) is 14.0. The third-order valence-electron chi connectivity index (χ3n) is 6.38. The van der Waals surface area contributed by atoms with Gasteiger partial charge < -0.3 is 21.4 Å². The second kappa shape index (κ2) is 7.03. The van der Waals surface area contributed by atoms with Crippen LogP contribution in [0.1, 0.15) is 25.7 Å². The van der Waals surface area contributed by atoms with Gasteiger partial charge in [-0.3, -0.25) is 4.79 Å². The van der Waals surface area contributed by atoms with Gasteiger partial charge in [-0.15, -0.1) is 0 Å². The fraction of sp³-hybridized carbons (Fsp3) is 0.381. The molecule has 29 heavy (non-hydrogen) atoms. The summed E-state index contributed by atoms with van der Waals surface area (Å²) in [4.78, 5) is 27.6. The molecule has 1 aromatic carbocycles. The van der Waals surface area contributed by atoms with Gasteiger partial charge in [0.1, 0.15) is 16.6 Å². The van der Waals surface area contributed by atoms with E-state index >= 15 is 0 Å². The standard InChI is InChI=1S/C21H24N6OS/c22-17-10-13(28)11-21(17)5-8-27(9-6-21)18-12-25-20(19(23)26-18)29-16-3-1-2-15-14(16)4-7-24-15/h1-4,7,12,17,24H,5-6,8-11,22H2,(H2,23,26)/t17-/m0/s1. The van der Waals surface area contributed by atoms with Crippen LogP contribution >= 0.6 is 11.8 Å². The van der Waals surface area contributed by atoms with Gasteiger partial charge in [-0.1, -0.05) is 17.8 Å². The van der Waals surface area contributed by atoms with Crippen LogP contribution in [0.15, 0.2) is 46.6 Å². The molecular weight excluding hydrogens is 384 g/mol. The van der Waals surface area contributed by atoms with E-state index in [0.29, 0.717) is 29.5 Å². The van der Waals surface area contributed by atoms with Crippen LogP contribution in [-0.2, 0) is 4.79 Å². The van der Waals surface area contributed by atoms with Crippen LogP contribution < -0.4 is 16.4 Å². The number of nitrogen functional groups attached to an aromatic ring is 1. The van der Waals surface area contributed by atoms with E-state index in [1.165, 1.54) is 11.8 Å². The summed E-state index contributed by atoms with van der Waals surface area (Å²) in [5, 5.41) is 1.85. The lowest BCUT2D eigenvalue weighted by molar-refractivity contribution is -0.118. The van der Waals surface area contributed by atoms with E-state index in [0.717, 1.165) is 47.5 Å². The van der Waals surface area contributed by atoms with Crippen LogP contribution in [0.3, 0.4) is 0 Å². The summed E-state index contributed by atoms with van der Waals surface area (Å²) in [6.45, 7) is 1.65. The highest BCUT2D eigenvalue weighted by atomic mass is 32.2. The van der Waals surface area contributed by atoms with Gasteiger partial charge in [-0.25, -0.2) is 9.97 Å². The third kappa shape index (κ3) is 3.26. The molecule has 7 nitrogen and oxygen atoms in total. The fourth-order valence-corrected chi connectivity index (χ4v) is 5.55. The van der Waals surface area contributed by atoms with Crippen molar-refractivity contribution in [3.8, 4) is 0 Å². The smallest absolute Gasteiger partial charge is 0.158 e. The minimum absolute atomic E-state index is 0.0109. The highest BCUT2D eigenvalue weighted by Crippen LogP contribution is 2.44. The van der Waals surface area contributed by atoms with E-state index in [2.05, 4.69) is 32.0 Å². The monoisotopic (exact) mass is 408 g/mol. The summed E-state index contributed by atoms with van der Waals surface area (Å²) < 4.78 is 0. The summed E-state index contributed by atoms with van der Waals surface area (Å²) in [6, 6.07) is 8.17. The summed E-state index contributed by atoms with van der Waals surface area (Å²) >= 11 is 1.53. The Morgan fingerprint density at radius 3 is 2.79 bits per heavy atom. The molecule has 1 aliphatic carbocycles. The number of carbonyl (C=O) groups is 1. The lowest BCUT2D eigenvalue weighted by Crippen LogP contribution is -2.47. The number of rotatable bonds is 3. The van der Waals surface area contributed by atoms with Crippen LogP contribution in [0.2, 0.25) is 0 Å². The van der Waals surface area contributed by atoms with Crippen molar-refractivity contribution in [2.45, 2.75) is 41.6 Å². The molecule has 1 saturated heterocycles. The number of aromatic nitrogens is 3. The molecule has 1 spiro atoms. The number of nitrogens with zero attached hydrogens (tertiary/aromatic N) is 3. The molecule has 5 N–H and O–H groups in total. The topological polar surface area (TPSA) is 114 Å². The minimum Gasteiger partial charge on any atom is -0.381 e. The molecule has 8 heteroatoms. The maximum Gasteiger partial charge on any atom is 0.158 e. The second-order valence-electron chi connectivity index (χ2n) is 8.09. The molecule has 3 heterocycles. The number of Topliss-reactive ketones (excluding diaryl/α,β-unsaturated/α-hetero) is 1. The Morgan fingerprint density at radius 1 is 1.24 bits per heavy atom. The number of fused-ring (bicyclic) bond motifs is 1. The zero-order valence-corrected chi connectivity index (χ0v) is 16.9. The predicted octanol–water partition coefficient (Wildman–Crippen LogP) is 2.97. The Morgan fingerprint density at radius 2 is 2.07 bits per heavy atom. The largest absolute Gasteiger partial charge is 0.381 e. The van der Waals surface area contributed by atoms with E-state index in [4.69, 9.17) is 11.5 Å². The van der Waals surface area contributed by atoms with E-state index < -0.39 is 0 Å². The van der Waals surface area contributed by atoms with Crippen LogP contribution in [0.25, 0.3) is 10.9 Å². The van der Waals surface area contributed by atoms with Gasteiger partial charge in [0.15, 0.2) is 5.82 Å². The van der Waals surface area contributed by atoms with Gasteiger partial charge in [0.25, 0.3) is 0 Å². The Bertz CT molecular complexity index is 1070. The number of nitrogens with two attached hydrogens (primary N) is 2. The summed E-state index contributed by atoms with van der Waals surface area (Å²) in [7, 11) is 0. The van der Waals surface area contributed by atoms with Crippen LogP contribution in [0, 0.1) is 5.41 Å². The number of anilines is 2. The zero-order valence-electron chi connectivity index (χ0n) is 16.1. The quantitative estimate of drug-likeness (QED) is 0.610. The highest BCUT2D eigenvalue weighted by molar-refractivity contribution is 7.99. The maximum absolute atomic E-state index is 11.8. The van der Waals surface area contributed by atoms with Gasteiger partial charge in [0.2, 0.25) is 0 Å². The van der Waals surface area contributed by atoms with Crippen molar-refractivity contribution in [1.29, 1.82) is 0 Å². The number of hydrogen-bond acceptors (Lipinski definition) is 7. The molecular formula is C21H24N6OS. The molecule has 2 aromatic heterocycles. The van der Waals surface area contributed by atoms with Crippen LogP contribution in [0.5, 0.6) is 0 Å². The molecule has 5 rings (SSSR count). The molecule has 2 fully saturated rings. The summed E-state index contributed by atoms with van der Waals surface area (Å²) in [5.41, 5.74) is 13.6. The van der Waals surface area contributed by atoms with E-state index in [9.17, 15) is 4.79 Å². The Hall–Kier alpha value is -2.58. The molecule has 1 saturated carbocycles. The first kappa shape index (κ1) is 18.4. The molecule has 2 aliphatic rings. The minimum atomic E-state index is -0.0302. The van der Waals surface area contributed by atoms with E-state index in [1.807, 2.05) is 18.3 Å². The Kier molecular flexibility index (Phi) is 4.48. The van der Waals surface area contributed by atoms with Crippen molar-refractivity contribution < 1.29 is 4.79 Å². The lowest BCUT2D eigenvalue weighted by atomic mass is 9.74. The molecule has 150 valence electrons. The average molecular weight is 409 g/mol. The molecule has 0 amide bonds. The molecule has 0 bridgehead atoms. The van der Waals surface area contributed by atoms with Crippen LogP contribution in [-0.4, -0.2) is 39.9 Å². The summed E-state index contributed by atoms with van der Waals surface area (Å²) in [5.74, 6) is 1.53. The van der Waals surface area contributed by atoms with E-state index in [-0.39, 0.29) is 11.5 Å². The average Bonchev–Trinajstić information content (AvgIpc) is 3.29. The fourth-order valence-electron chi connectivity index (χ4n) is 4.65. The van der Waals surface area contributed by atoms with Gasteiger partial charge in [-0.2, -0.15) is 0 Å². The highest BCUT2D eigenvalue weighted by Gasteiger charge is 2.46. The lowest BCUT2D eigenvalue weighted by Gasteiger charge is -2.41. The van der Waals surface area contributed by atoms with Crippen molar-refractivity contribution in [2.24, 2.45) is 11.1 Å². The van der Waals surface area contributed by atoms with E-state index in [1.54, 1.807) is 6.20 Å². The zero-order chi connectivity index (χ0) is 20.0. The Labute approximate surface area is 173 Å². The number of hydrogen-bond donors (Lipinski definition) is 3. The SMILES string of the molecule is Nc1nc(N2CCC3(CC2)CC(=O)C[C@@H]3N)cnc1Sc1cccc2[nH]ccc12. The van der Waals surface area contributed by atoms with Crippen LogP contribution in [0.4, 0.5) is 11.6 Å². The maximum atomic E-state index is 11.8. The number of carbonyl (C=O) groups excluding carboxylic acids is 1. The molecule has 1 atom stereocenters. The first-order valence-corrected chi connectivity index (χ1v) is 10.7. The number of H-pyrrole nitrogens is 1. The van der Waals surface area contributed by atoms with Crippen molar-refractivity contribution in [3.05, 3.63) is 36.7 Å². The first-order valence-electron chi connectivity index (χ1n) is 9.93. The van der Waals surface area contributed by atoms with Crippen molar-refractivity contribution in [3.63, 3.8) is 0 Å². The molecule has 0 unspecified atom stereocenters. The van der Waals surface area contributed by atoms with Crippen molar-refractivity contribution in [2.75, 3.05) is 23.7 Å². The Balaban J connectivity index is 1.32. The van der Waals surface area contributed by atoms with Gasteiger partial charge in [0.05, 0.1) is 6.20 Å². The number of piperidine rings is 1. The molecule has 3 aromatic rings. The number of nitrogens with one attached hydrogen (secondary N) is 1. The third-order valence-corrected chi connectivity index (χ3v) is 7.46. The number of ketones is 1. The van der Waals surface area contributed by atoms with Gasteiger partial charge in [-0.05, 0) is 36.5 Å².